The molecule has 0 radical (unpaired) electrons. The minimum absolute atomic E-state index is 0.106. The maximum absolute atomic E-state index is 12.2. The zero-order valence-electron chi connectivity index (χ0n) is 10.8. The van der Waals surface area contributed by atoms with Crippen molar-refractivity contribution in [2.75, 3.05) is 38.3 Å². The number of esters is 1. The summed E-state index contributed by atoms with van der Waals surface area (Å²) >= 11 is 1.64. The Morgan fingerprint density at radius 2 is 2.28 bits per heavy atom. The number of carbonyl (C=O) groups excluding carboxylic acids is 2. The molecule has 7 heteroatoms. The molecule has 0 aromatic carbocycles. The molecule has 1 aliphatic rings. The molecule has 2 atom stereocenters. The topological polar surface area (TPSA) is 81.9 Å². The maximum atomic E-state index is 12.2. The van der Waals surface area contributed by atoms with Gasteiger partial charge in [0.05, 0.1) is 6.61 Å². The Kier molecular flexibility index (Phi) is 6.45. The summed E-state index contributed by atoms with van der Waals surface area (Å²) < 4.78 is 10.0. The Labute approximate surface area is 111 Å². The highest BCUT2D eigenvalue weighted by Gasteiger charge is 2.36. The van der Waals surface area contributed by atoms with Crippen LogP contribution in [0.1, 0.15) is 6.92 Å². The first-order valence-electron chi connectivity index (χ1n) is 5.93. The number of nitrogens with two attached hydrogens (primary N) is 1. The van der Waals surface area contributed by atoms with Crippen LogP contribution in [0.4, 0.5) is 0 Å². The summed E-state index contributed by atoms with van der Waals surface area (Å²) in [4.78, 5) is 25.5. The summed E-state index contributed by atoms with van der Waals surface area (Å²) in [5.41, 5.74) is 5.48. The van der Waals surface area contributed by atoms with E-state index in [1.54, 1.807) is 18.7 Å². The Morgan fingerprint density at radius 3 is 2.83 bits per heavy atom. The van der Waals surface area contributed by atoms with Gasteiger partial charge < -0.3 is 20.1 Å². The molecule has 104 valence electrons. The molecule has 1 fully saturated rings. The number of ether oxygens (including phenoxy) is 2. The van der Waals surface area contributed by atoms with Gasteiger partial charge in [0.1, 0.15) is 12.1 Å². The molecule has 1 saturated heterocycles. The normalized spacial score (nSPS) is 21.5. The fraction of sp³-hybridized carbons (Fsp3) is 0.818. The van der Waals surface area contributed by atoms with E-state index in [0.29, 0.717) is 18.9 Å². The second-order valence-corrected chi connectivity index (χ2v) is 4.98. The zero-order chi connectivity index (χ0) is 13.5. The Bertz CT molecular complexity index is 297. The van der Waals surface area contributed by atoms with E-state index in [1.807, 2.05) is 0 Å². The van der Waals surface area contributed by atoms with Gasteiger partial charge in [-0.05, 0) is 6.92 Å². The molecule has 0 aliphatic carbocycles. The maximum Gasteiger partial charge on any atom is 0.329 e. The lowest BCUT2D eigenvalue weighted by Crippen LogP contribution is -2.55. The molecular weight excluding hydrogens is 256 g/mol. The number of hydrogen-bond donors (Lipinski definition) is 1. The summed E-state index contributed by atoms with van der Waals surface area (Å²) in [6, 6.07) is -0.527. The number of rotatable bonds is 5. The van der Waals surface area contributed by atoms with E-state index in [9.17, 15) is 9.59 Å². The second kappa shape index (κ2) is 7.60. The first kappa shape index (κ1) is 15.3. The van der Waals surface area contributed by atoms with Gasteiger partial charge in [-0.3, -0.25) is 4.79 Å². The largest absolute Gasteiger partial charge is 0.464 e. The van der Waals surface area contributed by atoms with E-state index < -0.39 is 12.1 Å². The van der Waals surface area contributed by atoms with Gasteiger partial charge in [0.2, 0.25) is 0 Å². The lowest BCUT2D eigenvalue weighted by atomic mass is 10.2. The van der Waals surface area contributed by atoms with E-state index in [0.717, 1.165) is 5.75 Å². The molecule has 0 bridgehead atoms. The predicted molar refractivity (Wildman–Crippen MR) is 69.3 cm³/mol. The van der Waals surface area contributed by atoms with Gasteiger partial charge in [0, 0.05) is 31.7 Å². The summed E-state index contributed by atoms with van der Waals surface area (Å²) in [5, 5.41) is 0. The van der Waals surface area contributed by atoms with Gasteiger partial charge >= 0.3 is 5.97 Å². The minimum atomic E-state index is -0.690. The zero-order valence-corrected chi connectivity index (χ0v) is 11.6. The van der Waals surface area contributed by atoms with Gasteiger partial charge in [0.15, 0.2) is 0 Å². The monoisotopic (exact) mass is 276 g/mol. The predicted octanol–water partition coefficient (Wildman–Crippen LogP) is -0.533. The van der Waals surface area contributed by atoms with Crippen LogP contribution in [0, 0.1) is 0 Å². The minimum Gasteiger partial charge on any atom is -0.464 e. The van der Waals surface area contributed by atoms with E-state index in [2.05, 4.69) is 0 Å². The second-order valence-electron chi connectivity index (χ2n) is 3.83. The molecule has 0 aromatic rings. The van der Waals surface area contributed by atoms with E-state index in [1.165, 1.54) is 12.0 Å². The van der Waals surface area contributed by atoms with Gasteiger partial charge in [0.25, 0.3) is 5.91 Å². The van der Waals surface area contributed by atoms with Crippen molar-refractivity contribution in [1.29, 1.82) is 0 Å². The first-order chi connectivity index (χ1) is 8.65. The molecule has 1 aliphatic heterocycles. The molecule has 0 aromatic heterocycles. The molecule has 2 unspecified atom stereocenters. The lowest BCUT2D eigenvalue weighted by Gasteiger charge is -2.35. The van der Waals surface area contributed by atoms with Crippen molar-refractivity contribution in [3.8, 4) is 0 Å². The van der Waals surface area contributed by atoms with Crippen molar-refractivity contribution in [2.24, 2.45) is 5.73 Å². The van der Waals surface area contributed by atoms with Crippen LogP contribution in [-0.4, -0.2) is 67.2 Å². The van der Waals surface area contributed by atoms with Gasteiger partial charge in [-0.25, -0.2) is 4.79 Å². The van der Waals surface area contributed by atoms with E-state index >= 15 is 0 Å². The number of methoxy groups -OCH3 is 1. The van der Waals surface area contributed by atoms with Crippen LogP contribution in [0.25, 0.3) is 0 Å². The van der Waals surface area contributed by atoms with E-state index in [-0.39, 0.29) is 18.4 Å². The van der Waals surface area contributed by atoms with Gasteiger partial charge in [-0.1, -0.05) is 0 Å². The molecule has 1 amide bonds. The number of thioether (sulfide) groups is 1. The number of nitrogens with zero attached hydrogens (tertiary/aromatic N) is 1. The van der Waals surface area contributed by atoms with Crippen molar-refractivity contribution in [3.63, 3.8) is 0 Å². The van der Waals surface area contributed by atoms with Gasteiger partial charge in [-0.2, -0.15) is 11.8 Å². The highest BCUT2D eigenvalue weighted by atomic mass is 32.2. The van der Waals surface area contributed by atoms with Gasteiger partial charge in [-0.15, -0.1) is 0 Å². The van der Waals surface area contributed by atoms with Crippen LogP contribution in [0.2, 0.25) is 0 Å². The average molecular weight is 276 g/mol. The molecule has 1 heterocycles. The summed E-state index contributed by atoms with van der Waals surface area (Å²) in [5.74, 6) is 0.775. The third-order valence-corrected chi connectivity index (χ3v) is 3.77. The number of carbonyl (C=O) groups is 2. The Balaban J connectivity index is 2.75. The van der Waals surface area contributed by atoms with Crippen molar-refractivity contribution >= 4 is 23.6 Å². The lowest BCUT2D eigenvalue weighted by molar-refractivity contribution is -0.157. The molecule has 1 rings (SSSR count). The molecule has 6 nitrogen and oxygen atoms in total. The average Bonchev–Trinajstić information content (AvgIpc) is 2.40. The molecule has 0 spiro atoms. The quantitative estimate of drug-likeness (QED) is 0.680. The third-order valence-electron chi connectivity index (χ3n) is 2.74. The van der Waals surface area contributed by atoms with Crippen LogP contribution in [0.5, 0.6) is 0 Å². The standard InChI is InChI=1S/C11H20N2O4S/c1-3-17-11(15)8-7-18-5-4-13(8)10(14)9(6-12)16-2/h8-9H,3-7,12H2,1-2H3. The fourth-order valence-corrected chi connectivity index (χ4v) is 2.82. The smallest absolute Gasteiger partial charge is 0.329 e. The van der Waals surface area contributed by atoms with Crippen LogP contribution in [0.15, 0.2) is 0 Å². The third kappa shape index (κ3) is 3.60. The van der Waals surface area contributed by atoms with Crippen molar-refractivity contribution in [3.05, 3.63) is 0 Å². The van der Waals surface area contributed by atoms with Crippen molar-refractivity contribution in [2.45, 2.75) is 19.1 Å². The highest BCUT2D eigenvalue weighted by molar-refractivity contribution is 7.99. The van der Waals surface area contributed by atoms with Crippen LogP contribution >= 0.6 is 11.8 Å². The van der Waals surface area contributed by atoms with E-state index in [4.69, 9.17) is 15.2 Å². The van der Waals surface area contributed by atoms with Crippen LogP contribution in [0.3, 0.4) is 0 Å². The summed E-state index contributed by atoms with van der Waals surface area (Å²) in [6.07, 6.45) is -0.690. The Hall–Kier alpha value is -0.790. The molecule has 18 heavy (non-hydrogen) atoms. The Morgan fingerprint density at radius 1 is 1.56 bits per heavy atom. The molecule has 2 N–H and O–H groups in total. The first-order valence-corrected chi connectivity index (χ1v) is 7.08. The fourth-order valence-electron chi connectivity index (χ4n) is 1.78. The SMILES string of the molecule is CCOC(=O)C1CSCCN1C(=O)C(CN)OC. The highest BCUT2D eigenvalue weighted by Crippen LogP contribution is 2.19. The summed E-state index contributed by atoms with van der Waals surface area (Å²) in [7, 11) is 1.44. The van der Waals surface area contributed by atoms with Crippen LogP contribution in [-0.2, 0) is 19.1 Å². The number of amides is 1. The van der Waals surface area contributed by atoms with Crippen molar-refractivity contribution < 1.29 is 19.1 Å². The summed E-state index contributed by atoms with van der Waals surface area (Å²) in [6.45, 7) is 2.69. The van der Waals surface area contributed by atoms with Crippen LogP contribution < -0.4 is 5.73 Å². The molecular formula is C11H20N2O4S. The molecule has 0 saturated carbocycles. The van der Waals surface area contributed by atoms with Crippen molar-refractivity contribution in [1.82, 2.24) is 4.90 Å². The number of hydrogen-bond acceptors (Lipinski definition) is 6.